The van der Waals surface area contributed by atoms with Crippen LogP contribution in [-0.2, 0) is 4.57 Å². The molecule has 0 heterocycles. The van der Waals surface area contributed by atoms with Crippen LogP contribution in [0, 0.1) is 22.7 Å². The molecular formula is C28H59OP. The van der Waals surface area contributed by atoms with Crippen molar-refractivity contribution in [1.82, 2.24) is 0 Å². The summed E-state index contributed by atoms with van der Waals surface area (Å²) in [5.41, 5.74) is 0.663. The standard InChI is InChI=1S/C28H59OP/c1-10-11-12-13-14-15-16-17-18-19-20-30(29,23-25(2)21-27(4,5)6)24-26(3)22-28(7,8)9/h25-26H,10-24H2,1-9H3. The Balaban J connectivity index is 4.50. The van der Waals surface area contributed by atoms with Crippen LogP contribution in [0.3, 0.4) is 0 Å². The molecule has 182 valence electrons. The van der Waals surface area contributed by atoms with Crippen LogP contribution in [0.1, 0.15) is 139 Å². The number of unbranched alkanes of at least 4 members (excludes halogenated alkanes) is 9. The van der Waals surface area contributed by atoms with Gasteiger partial charge in [-0.05, 0) is 41.9 Å². The zero-order chi connectivity index (χ0) is 23.3. The van der Waals surface area contributed by atoms with E-state index >= 15 is 0 Å². The molecule has 1 nitrogen and oxygen atoms in total. The van der Waals surface area contributed by atoms with E-state index < -0.39 is 7.14 Å². The quantitative estimate of drug-likeness (QED) is 0.162. The van der Waals surface area contributed by atoms with Crippen molar-refractivity contribution in [2.24, 2.45) is 22.7 Å². The molecule has 0 spiro atoms. The molecule has 30 heavy (non-hydrogen) atoms. The molecule has 2 atom stereocenters. The minimum Gasteiger partial charge on any atom is -0.324 e. The summed E-state index contributed by atoms with van der Waals surface area (Å²) in [5, 5.41) is 0. The third kappa shape index (κ3) is 19.0. The Labute approximate surface area is 192 Å². The fourth-order valence-corrected chi connectivity index (χ4v) is 9.34. The first-order valence-corrected chi connectivity index (χ1v) is 15.6. The Morgan fingerprint density at radius 1 is 0.600 bits per heavy atom. The summed E-state index contributed by atoms with van der Waals surface area (Å²) >= 11 is 0. The normalized spacial score (nSPS) is 17.0. The maximum atomic E-state index is 14.0. The van der Waals surface area contributed by atoms with Gasteiger partial charge in [0.05, 0.1) is 7.14 Å². The van der Waals surface area contributed by atoms with Gasteiger partial charge in [-0.1, -0.05) is 120 Å². The SMILES string of the molecule is CCCCCCCCCCCCP(=O)(CC(C)CC(C)(C)C)CC(C)CC(C)(C)C. The lowest BCUT2D eigenvalue weighted by molar-refractivity contribution is 0.315. The predicted octanol–water partition coefficient (Wildman–Crippen LogP) is 10.4. The predicted molar refractivity (Wildman–Crippen MR) is 141 cm³/mol. The van der Waals surface area contributed by atoms with Gasteiger partial charge in [0.1, 0.15) is 0 Å². The van der Waals surface area contributed by atoms with E-state index in [0.717, 1.165) is 18.5 Å². The van der Waals surface area contributed by atoms with Crippen molar-refractivity contribution in [3.8, 4) is 0 Å². The minimum atomic E-state index is -2.08. The number of rotatable bonds is 17. The molecule has 0 aromatic heterocycles. The molecule has 2 heteroatoms. The molecule has 0 saturated carbocycles. The Bertz CT molecular complexity index is 426. The van der Waals surface area contributed by atoms with E-state index in [0.29, 0.717) is 22.7 Å². The highest BCUT2D eigenvalue weighted by molar-refractivity contribution is 7.63. The summed E-state index contributed by atoms with van der Waals surface area (Å²) in [7, 11) is -2.08. The molecule has 0 aliphatic carbocycles. The average Bonchev–Trinajstić information content (AvgIpc) is 2.52. The van der Waals surface area contributed by atoms with Gasteiger partial charge in [-0.2, -0.15) is 0 Å². The monoisotopic (exact) mass is 442 g/mol. The smallest absolute Gasteiger partial charge is 0.0882 e. The summed E-state index contributed by atoms with van der Waals surface area (Å²) in [6.45, 7) is 20.9. The molecule has 0 aromatic carbocycles. The van der Waals surface area contributed by atoms with Crippen molar-refractivity contribution in [3.63, 3.8) is 0 Å². The van der Waals surface area contributed by atoms with Crippen LogP contribution in [0.5, 0.6) is 0 Å². The summed E-state index contributed by atoms with van der Waals surface area (Å²) in [6, 6.07) is 0. The molecule has 0 bridgehead atoms. The molecule has 0 saturated heterocycles. The zero-order valence-corrected chi connectivity index (χ0v) is 23.5. The first-order valence-electron chi connectivity index (χ1n) is 13.3. The third-order valence-corrected chi connectivity index (χ3v) is 9.84. The molecule has 0 aliphatic rings. The van der Waals surface area contributed by atoms with Crippen molar-refractivity contribution < 1.29 is 4.57 Å². The van der Waals surface area contributed by atoms with Crippen LogP contribution in [-0.4, -0.2) is 18.5 Å². The molecule has 0 aliphatic heterocycles. The minimum absolute atomic E-state index is 0.332. The largest absolute Gasteiger partial charge is 0.324 e. The molecule has 0 N–H and O–H groups in total. The van der Waals surface area contributed by atoms with Crippen molar-refractivity contribution in [2.45, 2.75) is 139 Å². The van der Waals surface area contributed by atoms with Gasteiger partial charge in [0.25, 0.3) is 0 Å². The fraction of sp³-hybridized carbons (Fsp3) is 1.00. The average molecular weight is 443 g/mol. The van der Waals surface area contributed by atoms with Crippen LogP contribution in [0.15, 0.2) is 0 Å². The Morgan fingerprint density at radius 3 is 1.27 bits per heavy atom. The molecule has 0 fully saturated rings. The maximum Gasteiger partial charge on any atom is 0.0882 e. The summed E-state index contributed by atoms with van der Waals surface area (Å²) in [4.78, 5) is 0. The third-order valence-electron chi connectivity index (χ3n) is 6.13. The van der Waals surface area contributed by atoms with Crippen LogP contribution >= 0.6 is 7.14 Å². The Kier molecular flexibility index (Phi) is 15.3. The number of hydrogen-bond acceptors (Lipinski definition) is 1. The van der Waals surface area contributed by atoms with E-state index in [2.05, 4.69) is 62.3 Å². The van der Waals surface area contributed by atoms with Crippen molar-refractivity contribution in [3.05, 3.63) is 0 Å². The second-order valence-corrected chi connectivity index (χ2v) is 16.4. The molecule has 0 rings (SSSR count). The van der Waals surface area contributed by atoms with Crippen LogP contribution in [0.2, 0.25) is 0 Å². The highest BCUT2D eigenvalue weighted by Gasteiger charge is 2.29. The van der Waals surface area contributed by atoms with Gasteiger partial charge in [-0.25, -0.2) is 0 Å². The fourth-order valence-electron chi connectivity index (χ4n) is 5.50. The van der Waals surface area contributed by atoms with Crippen molar-refractivity contribution in [2.75, 3.05) is 18.5 Å². The van der Waals surface area contributed by atoms with Crippen molar-refractivity contribution >= 4 is 7.14 Å². The van der Waals surface area contributed by atoms with E-state index in [1.54, 1.807) is 0 Å². The van der Waals surface area contributed by atoms with Gasteiger partial charge in [-0.3, -0.25) is 0 Å². The first kappa shape index (κ1) is 30.2. The van der Waals surface area contributed by atoms with Gasteiger partial charge in [-0.15, -0.1) is 0 Å². The maximum absolute atomic E-state index is 14.0. The zero-order valence-electron chi connectivity index (χ0n) is 22.6. The van der Waals surface area contributed by atoms with Crippen LogP contribution in [0.4, 0.5) is 0 Å². The van der Waals surface area contributed by atoms with Crippen molar-refractivity contribution in [1.29, 1.82) is 0 Å². The molecular weight excluding hydrogens is 383 g/mol. The number of hydrogen-bond donors (Lipinski definition) is 0. The van der Waals surface area contributed by atoms with Gasteiger partial charge in [0.2, 0.25) is 0 Å². The second-order valence-electron chi connectivity index (χ2n) is 13.1. The van der Waals surface area contributed by atoms with Gasteiger partial charge in [0, 0.05) is 18.5 Å². The van der Waals surface area contributed by atoms with Gasteiger partial charge < -0.3 is 4.57 Å². The summed E-state index contributed by atoms with van der Waals surface area (Å²) < 4.78 is 14.0. The molecule has 0 aromatic rings. The highest BCUT2D eigenvalue weighted by Crippen LogP contribution is 2.52. The van der Waals surface area contributed by atoms with Gasteiger partial charge in [0.15, 0.2) is 0 Å². The molecule has 0 radical (unpaired) electrons. The molecule has 2 unspecified atom stereocenters. The van der Waals surface area contributed by atoms with Crippen LogP contribution < -0.4 is 0 Å². The Morgan fingerprint density at radius 2 is 0.933 bits per heavy atom. The van der Waals surface area contributed by atoms with E-state index in [1.165, 1.54) is 77.0 Å². The second kappa shape index (κ2) is 15.1. The van der Waals surface area contributed by atoms with E-state index in [4.69, 9.17) is 0 Å². The lowest BCUT2D eigenvalue weighted by Gasteiger charge is -2.30. The van der Waals surface area contributed by atoms with E-state index in [1.807, 2.05) is 0 Å². The first-order chi connectivity index (χ1) is 13.8. The summed E-state index contributed by atoms with van der Waals surface area (Å²) in [6.07, 6.45) is 18.8. The van der Waals surface area contributed by atoms with Crippen LogP contribution in [0.25, 0.3) is 0 Å². The summed E-state index contributed by atoms with van der Waals surface area (Å²) in [5.74, 6) is 1.14. The lowest BCUT2D eigenvalue weighted by atomic mass is 9.86. The topological polar surface area (TPSA) is 17.1 Å². The molecule has 0 amide bonds. The highest BCUT2D eigenvalue weighted by atomic mass is 31.2. The Hall–Kier alpha value is 0.230. The van der Waals surface area contributed by atoms with E-state index in [9.17, 15) is 4.57 Å². The van der Waals surface area contributed by atoms with Gasteiger partial charge >= 0.3 is 0 Å². The lowest BCUT2D eigenvalue weighted by Crippen LogP contribution is -2.19. The van der Waals surface area contributed by atoms with E-state index in [-0.39, 0.29) is 0 Å².